The fourth-order valence-corrected chi connectivity index (χ4v) is 3.73. The van der Waals surface area contributed by atoms with Gasteiger partial charge in [0.05, 0.1) is 5.41 Å². The van der Waals surface area contributed by atoms with Crippen LogP contribution in [0.5, 0.6) is 0 Å². The lowest BCUT2D eigenvalue weighted by Gasteiger charge is -2.21. The third kappa shape index (κ3) is 6.07. The number of nitrogens with one attached hydrogen (secondary N) is 1. The molecule has 0 aliphatic heterocycles. The van der Waals surface area contributed by atoms with E-state index in [0.717, 1.165) is 29.0 Å². The number of aliphatic carboxylic acids is 1. The van der Waals surface area contributed by atoms with Gasteiger partial charge in [-0.05, 0) is 86.8 Å². The Labute approximate surface area is 180 Å². The number of rotatable bonds is 9. The maximum atomic E-state index is 11.3. The van der Waals surface area contributed by atoms with Gasteiger partial charge in [-0.1, -0.05) is 48.9 Å². The molecule has 0 bridgehead atoms. The summed E-state index contributed by atoms with van der Waals surface area (Å²) in [6.07, 6.45) is 2.04. The first-order valence-electron chi connectivity index (χ1n) is 10.3. The van der Waals surface area contributed by atoms with E-state index in [1.807, 2.05) is 0 Å². The van der Waals surface area contributed by atoms with Gasteiger partial charge in [-0.25, -0.2) is 0 Å². The fraction of sp³-hybridized carbons (Fsp3) is 0.480. The third-order valence-corrected chi connectivity index (χ3v) is 6.38. The van der Waals surface area contributed by atoms with Crippen LogP contribution >= 0.6 is 11.6 Å². The molecule has 2 rings (SSSR count). The average Bonchev–Trinajstić information content (AvgIpc) is 2.65. The molecule has 0 amide bonds. The van der Waals surface area contributed by atoms with Gasteiger partial charge in [0.2, 0.25) is 0 Å². The molecule has 0 aromatic heterocycles. The van der Waals surface area contributed by atoms with Crippen LogP contribution in [-0.4, -0.2) is 17.6 Å². The quantitative estimate of drug-likeness (QED) is 0.512. The molecule has 0 heterocycles. The Morgan fingerprint density at radius 1 is 1.10 bits per heavy atom. The number of aryl methyl sites for hydroxylation is 3. The molecule has 0 saturated heterocycles. The third-order valence-electron chi connectivity index (χ3n) is 5.78. The molecule has 0 aliphatic rings. The summed E-state index contributed by atoms with van der Waals surface area (Å²) in [5.74, 6) is -0.339. The Hall–Kier alpha value is -1.84. The highest BCUT2D eigenvalue weighted by Gasteiger charge is 2.26. The van der Waals surface area contributed by atoms with Gasteiger partial charge in [0.15, 0.2) is 0 Å². The van der Waals surface area contributed by atoms with Crippen molar-refractivity contribution >= 4 is 17.6 Å². The van der Waals surface area contributed by atoms with E-state index in [1.165, 1.54) is 22.3 Å². The van der Waals surface area contributed by atoms with E-state index in [2.05, 4.69) is 63.3 Å². The highest BCUT2D eigenvalue weighted by molar-refractivity contribution is 6.32. The first-order valence-corrected chi connectivity index (χ1v) is 10.7. The van der Waals surface area contributed by atoms with Gasteiger partial charge in [0.25, 0.3) is 0 Å². The molecule has 2 aromatic rings. The second kappa shape index (κ2) is 9.77. The van der Waals surface area contributed by atoms with Crippen LogP contribution in [0.15, 0.2) is 30.3 Å². The molecular formula is C25H34ClNO2. The largest absolute Gasteiger partial charge is 0.481 e. The van der Waals surface area contributed by atoms with Crippen molar-refractivity contribution in [3.63, 3.8) is 0 Å². The van der Waals surface area contributed by atoms with Crippen LogP contribution in [0.1, 0.15) is 66.5 Å². The van der Waals surface area contributed by atoms with E-state index in [1.54, 1.807) is 13.8 Å². The van der Waals surface area contributed by atoms with Crippen LogP contribution in [0.25, 0.3) is 0 Å². The Kier molecular flexibility index (Phi) is 7.90. The van der Waals surface area contributed by atoms with Gasteiger partial charge in [-0.2, -0.15) is 0 Å². The Bertz CT molecular complexity index is 850. The summed E-state index contributed by atoms with van der Waals surface area (Å²) in [5, 5.41) is 13.5. The summed E-state index contributed by atoms with van der Waals surface area (Å²) in [6, 6.07) is 11.1. The average molecular weight is 416 g/mol. The zero-order valence-electron chi connectivity index (χ0n) is 18.5. The second-order valence-electron chi connectivity index (χ2n) is 8.83. The lowest BCUT2D eigenvalue weighted by atomic mass is 9.87. The predicted molar refractivity (Wildman–Crippen MR) is 122 cm³/mol. The Morgan fingerprint density at radius 2 is 1.72 bits per heavy atom. The molecule has 4 heteroatoms. The van der Waals surface area contributed by atoms with Gasteiger partial charge < -0.3 is 10.4 Å². The van der Waals surface area contributed by atoms with E-state index in [0.29, 0.717) is 19.0 Å². The topological polar surface area (TPSA) is 49.3 Å². The van der Waals surface area contributed by atoms with Crippen LogP contribution in [0.4, 0.5) is 0 Å². The Morgan fingerprint density at radius 3 is 2.28 bits per heavy atom. The van der Waals surface area contributed by atoms with Crippen molar-refractivity contribution in [2.24, 2.45) is 5.41 Å². The number of carbonyl (C=O) groups is 1. The minimum atomic E-state index is -0.783. The molecule has 0 fully saturated rings. The van der Waals surface area contributed by atoms with Crippen molar-refractivity contribution in [2.75, 3.05) is 6.54 Å². The number of halogens is 1. The first kappa shape index (κ1) is 23.4. The summed E-state index contributed by atoms with van der Waals surface area (Å²) >= 11 is 6.35. The number of carboxylic acid groups (broad SMARTS) is 1. The fourth-order valence-electron chi connectivity index (χ4n) is 3.63. The minimum Gasteiger partial charge on any atom is -0.481 e. The van der Waals surface area contributed by atoms with E-state index in [-0.39, 0.29) is 0 Å². The lowest BCUT2D eigenvalue weighted by Crippen LogP contribution is -2.35. The van der Waals surface area contributed by atoms with E-state index < -0.39 is 11.4 Å². The van der Waals surface area contributed by atoms with Crippen LogP contribution < -0.4 is 5.32 Å². The number of benzene rings is 2. The van der Waals surface area contributed by atoms with Crippen molar-refractivity contribution in [3.05, 3.63) is 68.7 Å². The molecule has 158 valence electrons. The summed E-state index contributed by atoms with van der Waals surface area (Å²) in [7, 11) is 0. The van der Waals surface area contributed by atoms with Crippen molar-refractivity contribution in [2.45, 2.75) is 66.8 Å². The first-order chi connectivity index (χ1) is 13.5. The summed E-state index contributed by atoms with van der Waals surface area (Å²) < 4.78 is 0. The van der Waals surface area contributed by atoms with E-state index in [4.69, 9.17) is 11.6 Å². The highest BCUT2D eigenvalue weighted by Crippen LogP contribution is 2.30. The molecule has 0 radical (unpaired) electrons. The number of carboxylic acids is 1. The van der Waals surface area contributed by atoms with E-state index >= 15 is 0 Å². The number of hydrogen-bond donors (Lipinski definition) is 2. The maximum absolute atomic E-state index is 11.3. The van der Waals surface area contributed by atoms with Gasteiger partial charge in [-0.15, -0.1) is 0 Å². The summed E-state index contributed by atoms with van der Waals surface area (Å²) in [6.45, 7) is 13.1. The van der Waals surface area contributed by atoms with Crippen LogP contribution in [0.3, 0.4) is 0 Å². The smallest absolute Gasteiger partial charge is 0.310 e. The zero-order chi connectivity index (χ0) is 21.8. The summed E-state index contributed by atoms with van der Waals surface area (Å²) in [5.41, 5.74) is 6.59. The summed E-state index contributed by atoms with van der Waals surface area (Å²) in [4.78, 5) is 11.3. The van der Waals surface area contributed by atoms with Crippen LogP contribution in [-0.2, 0) is 17.8 Å². The van der Waals surface area contributed by atoms with Crippen molar-refractivity contribution in [1.29, 1.82) is 0 Å². The van der Waals surface area contributed by atoms with Gasteiger partial charge in [0, 0.05) is 18.1 Å². The van der Waals surface area contributed by atoms with E-state index in [9.17, 15) is 9.90 Å². The highest BCUT2D eigenvalue weighted by atomic mass is 35.5. The molecule has 0 unspecified atom stereocenters. The number of hydrogen-bond acceptors (Lipinski definition) is 2. The van der Waals surface area contributed by atoms with Crippen LogP contribution in [0, 0.1) is 26.2 Å². The molecule has 0 spiro atoms. The Balaban J connectivity index is 2.14. The monoisotopic (exact) mass is 415 g/mol. The molecule has 2 aromatic carbocycles. The van der Waals surface area contributed by atoms with Gasteiger partial charge in [0.1, 0.15) is 0 Å². The zero-order valence-corrected chi connectivity index (χ0v) is 19.3. The molecule has 1 atom stereocenters. The van der Waals surface area contributed by atoms with Crippen molar-refractivity contribution in [1.82, 2.24) is 5.32 Å². The predicted octanol–water partition coefficient (Wildman–Crippen LogP) is 6.20. The van der Waals surface area contributed by atoms with Gasteiger partial charge in [-0.3, -0.25) is 4.79 Å². The molecule has 0 saturated carbocycles. The SMILES string of the molecule is CC[C@@H](Cc1ccc(C)c(CNCC(C)(C)C(=O)O)c1)c1cc(C)c(Cl)c(C)c1. The van der Waals surface area contributed by atoms with Crippen molar-refractivity contribution in [3.8, 4) is 0 Å². The standard InChI is InChI=1S/C25H34ClNO2/c1-7-20(21-10-17(3)23(26)18(4)11-21)12-19-9-8-16(2)22(13-19)14-27-15-25(5,6)24(28)29/h8-11,13,20,27H,7,12,14-15H2,1-6H3,(H,28,29)/t20-/m0/s1. The molecular weight excluding hydrogens is 382 g/mol. The normalized spacial score (nSPS) is 12.8. The lowest BCUT2D eigenvalue weighted by molar-refractivity contribution is -0.146. The maximum Gasteiger partial charge on any atom is 0.310 e. The molecule has 0 aliphatic carbocycles. The molecule has 3 nitrogen and oxygen atoms in total. The molecule has 29 heavy (non-hydrogen) atoms. The van der Waals surface area contributed by atoms with Gasteiger partial charge >= 0.3 is 5.97 Å². The minimum absolute atomic E-state index is 0.437. The molecule has 2 N–H and O–H groups in total. The van der Waals surface area contributed by atoms with Crippen molar-refractivity contribution < 1.29 is 9.90 Å². The second-order valence-corrected chi connectivity index (χ2v) is 9.21. The van der Waals surface area contributed by atoms with Crippen LogP contribution in [0.2, 0.25) is 5.02 Å².